The molecule has 0 aliphatic heterocycles. The Morgan fingerprint density at radius 2 is 1.33 bits per heavy atom. The number of hydrogen-bond donors (Lipinski definition) is 0. The molecule has 3 aromatic carbocycles. The van der Waals surface area contributed by atoms with Crippen LogP contribution >= 0.6 is 26.2 Å². The number of ether oxygens (including phenoxy) is 1. The summed E-state index contributed by atoms with van der Waals surface area (Å²) in [6.07, 6.45) is 2.62. The third kappa shape index (κ3) is 6.87. The van der Waals surface area contributed by atoms with Crippen LogP contribution in [0.2, 0.25) is 0 Å². The molecule has 0 fully saturated rings. The normalized spacial score (nSPS) is 12.8. The zero-order valence-corrected chi connectivity index (χ0v) is 24.8. The predicted octanol–water partition coefficient (Wildman–Crippen LogP) is 8.08. The Labute approximate surface area is 237 Å². The number of alkyl halides is 3. The van der Waals surface area contributed by atoms with Crippen LogP contribution in [0.1, 0.15) is 36.8 Å². The molecule has 3 rings (SSSR count). The van der Waals surface area contributed by atoms with Crippen LogP contribution < -0.4 is 0 Å². The molecular weight excluding hydrogens is 617 g/mol. The van der Waals surface area contributed by atoms with Crippen molar-refractivity contribution >= 4 is 42.3 Å². The summed E-state index contributed by atoms with van der Waals surface area (Å²) >= 11 is 3.29. The first kappa shape index (κ1) is 31.2. The molecule has 0 aliphatic rings. The minimum Gasteiger partial charge on any atom is -0.460 e. The van der Waals surface area contributed by atoms with Gasteiger partial charge in [0.2, 0.25) is 0 Å². The first-order valence-electron chi connectivity index (χ1n) is 12.2. The van der Waals surface area contributed by atoms with E-state index in [9.17, 15) is 17.6 Å². The van der Waals surface area contributed by atoms with E-state index >= 15 is 8.78 Å². The monoisotopic (exact) mass is 646 g/mol. The Bertz CT molecular complexity index is 1340. The molecule has 0 amide bonds. The zero-order chi connectivity index (χ0) is 28.7. The summed E-state index contributed by atoms with van der Waals surface area (Å²) in [6, 6.07) is 18.1. The van der Waals surface area contributed by atoms with E-state index in [0.29, 0.717) is 33.8 Å². The molecule has 0 radical (unpaired) electrons. The summed E-state index contributed by atoms with van der Waals surface area (Å²) < 4.78 is 81.6. The van der Waals surface area contributed by atoms with E-state index in [1.165, 1.54) is 12.1 Å². The number of rotatable bonds is 13. The Kier molecular flexibility index (Phi) is 10.7. The van der Waals surface area contributed by atoms with Crippen LogP contribution in [0.3, 0.4) is 0 Å². The van der Waals surface area contributed by atoms with Crippen LogP contribution in [-0.4, -0.2) is 31.6 Å². The summed E-state index contributed by atoms with van der Waals surface area (Å²) in [6.45, 7) is 3.03. The average Bonchev–Trinajstić information content (AvgIpc) is 2.90. The van der Waals surface area contributed by atoms with Crippen molar-refractivity contribution in [3.8, 4) is 0 Å². The Morgan fingerprint density at radius 3 is 1.85 bits per heavy atom. The van der Waals surface area contributed by atoms with Gasteiger partial charge in [0.15, 0.2) is 0 Å². The molecule has 0 aliphatic carbocycles. The van der Waals surface area contributed by atoms with Crippen LogP contribution in [0.25, 0.3) is 0 Å². The number of halogens is 4. The second-order valence-electron chi connectivity index (χ2n) is 8.82. The fourth-order valence-corrected chi connectivity index (χ4v) is 9.77. The number of aryl methyl sites for hydroxylation is 2. The van der Waals surface area contributed by atoms with Crippen LogP contribution in [0, 0.1) is 19.7 Å². The van der Waals surface area contributed by atoms with Gasteiger partial charge in [0.25, 0.3) is 0 Å². The van der Waals surface area contributed by atoms with E-state index < -0.39 is 37.5 Å². The van der Waals surface area contributed by atoms with Crippen LogP contribution in [0.15, 0.2) is 87.5 Å². The highest BCUT2D eigenvalue weighted by molar-refractivity contribution is 9.09. The second-order valence-corrected chi connectivity index (χ2v) is 14.0. The third-order valence-corrected chi connectivity index (χ3v) is 11.9. The number of benzene rings is 3. The molecule has 0 spiro atoms. The summed E-state index contributed by atoms with van der Waals surface area (Å²) in [5.41, 5.74) is 1.12. The van der Waals surface area contributed by atoms with Gasteiger partial charge in [0.05, 0.1) is 6.61 Å². The summed E-state index contributed by atoms with van der Waals surface area (Å²) in [5, 5.41) is -4.20. The van der Waals surface area contributed by atoms with E-state index in [1.807, 2.05) is 0 Å². The predicted molar refractivity (Wildman–Crippen MR) is 149 cm³/mol. The van der Waals surface area contributed by atoms with Gasteiger partial charge in [-0.1, -0.05) is 65.2 Å². The van der Waals surface area contributed by atoms with E-state index in [-0.39, 0.29) is 11.5 Å². The summed E-state index contributed by atoms with van der Waals surface area (Å²) in [4.78, 5) is 13.2. The summed E-state index contributed by atoms with van der Waals surface area (Å²) in [5.74, 6) is -2.81. The maximum absolute atomic E-state index is 15.3. The quantitative estimate of drug-likeness (QED) is 0.107. The van der Waals surface area contributed by atoms with Crippen LogP contribution in [0.4, 0.5) is 13.2 Å². The van der Waals surface area contributed by atoms with E-state index in [0.717, 1.165) is 30.3 Å². The molecule has 0 unspecified atom stereocenters. The average molecular weight is 648 g/mol. The lowest BCUT2D eigenvalue weighted by atomic mass is 10.2. The van der Waals surface area contributed by atoms with E-state index in [1.54, 1.807) is 62.4 Å². The molecule has 0 N–H and O–H groups in total. The molecule has 0 heterocycles. The topological polar surface area (TPSA) is 69.7 Å². The largest absolute Gasteiger partial charge is 0.466 e. The van der Waals surface area contributed by atoms with Gasteiger partial charge in [-0.2, -0.15) is 17.2 Å². The van der Waals surface area contributed by atoms with Crippen molar-refractivity contribution in [2.45, 2.75) is 59.5 Å². The number of carbonyl (C=O) groups is 1. The third-order valence-electron chi connectivity index (χ3n) is 5.96. The van der Waals surface area contributed by atoms with Gasteiger partial charge in [0, 0.05) is 20.0 Å². The van der Waals surface area contributed by atoms with E-state index in [2.05, 4.69) is 20.7 Å². The lowest BCUT2D eigenvalue weighted by Gasteiger charge is -2.41. The van der Waals surface area contributed by atoms with Crippen molar-refractivity contribution in [1.82, 2.24) is 0 Å². The van der Waals surface area contributed by atoms with Crippen molar-refractivity contribution in [2.75, 3.05) is 11.9 Å². The number of carbonyl (C=O) groups excluding carboxylic acids is 1. The molecule has 0 aromatic heterocycles. The van der Waals surface area contributed by atoms with Gasteiger partial charge in [-0.25, -0.2) is 12.8 Å². The molecule has 0 bridgehead atoms. The van der Waals surface area contributed by atoms with Crippen molar-refractivity contribution in [2.24, 2.45) is 0 Å². The molecule has 212 valence electrons. The first-order valence-corrected chi connectivity index (χ1v) is 16.3. The van der Waals surface area contributed by atoms with Gasteiger partial charge < -0.3 is 4.74 Å². The van der Waals surface area contributed by atoms with Gasteiger partial charge >= 0.3 is 21.3 Å². The minimum atomic E-state index is -5.93. The summed E-state index contributed by atoms with van der Waals surface area (Å²) in [7, 11) is -9.39. The van der Waals surface area contributed by atoms with Gasteiger partial charge in [-0.15, -0.1) is 0 Å². The number of hydrogen-bond acceptors (Lipinski definition) is 5. The maximum Gasteiger partial charge on any atom is 0.466 e. The molecule has 11 heteroatoms. The first-order chi connectivity index (χ1) is 18.5. The lowest BCUT2D eigenvalue weighted by Crippen LogP contribution is -2.41. The second kappa shape index (κ2) is 13.3. The maximum atomic E-state index is 15.3. The molecule has 3 aromatic rings. The van der Waals surface area contributed by atoms with Crippen molar-refractivity contribution in [3.05, 3.63) is 89.7 Å². The van der Waals surface area contributed by atoms with Crippen molar-refractivity contribution in [3.63, 3.8) is 0 Å². The van der Waals surface area contributed by atoms with Crippen LogP contribution in [-0.2, 0) is 23.3 Å². The highest BCUT2D eigenvalue weighted by atomic mass is 79.9. The minimum absolute atomic E-state index is 0.159. The molecule has 0 atom stereocenters. The van der Waals surface area contributed by atoms with Gasteiger partial charge in [-0.3, -0.25) is 0 Å². The molecule has 39 heavy (non-hydrogen) atoms. The zero-order valence-electron chi connectivity index (χ0n) is 21.5. The molecule has 0 saturated heterocycles. The Balaban J connectivity index is 2.13. The van der Waals surface area contributed by atoms with Gasteiger partial charge in [0.1, 0.15) is 5.82 Å². The fourth-order valence-electron chi connectivity index (χ4n) is 3.95. The SMILES string of the molecule is Cc1ccccc1S(OS(=O)(=O)C(F)(F)C(=O)OCCCCCCBr)(c1ccc(F)cc1)c1ccccc1C. The van der Waals surface area contributed by atoms with Crippen LogP contribution in [0.5, 0.6) is 0 Å². The van der Waals surface area contributed by atoms with Crippen molar-refractivity contribution in [1.29, 1.82) is 0 Å². The smallest absolute Gasteiger partial charge is 0.460 e. The fraction of sp³-hybridized carbons (Fsp3) is 0.321. The van der Waals surface area contributed by atoms with E-state index in [4.69, 9.17) is 3.63 Å². The highest BCUT2D eigenvalue weighted by Gasteiger charge is 2.59. The Morgan fingerprint density at radius 1 is 0.821 bits per heavy atom. The number of esters is 1. The number of unbranched alkanes of at least 4 members (excludes halogenated alkanes) is 3. The standard InChI is InChI=1S/C28H30BrF3O5S2/c1-21-11-5-7-13-25(21)38(24-17-15-23(30)16-18-24,26-14-8-6-12-22(26)2)37-39(34,35)28(31,32)27(33)36-20-10-4-3-9-19-29/h5-8,11-18H,3-4,9-10,19-20H2,1-2H3. The highest BCUT2D eigenvalue weighted by Crippen LogP contribution is 2.72. The lowest BCUT2D eigenvalue weighted by molar-refractivity contribution is -0.161. The molecular formula is C28H30BrF3O5S2. The Hall–Kier alpha value is -2.34. The molecule has 5 nitrogen and oxygen atoms in total. The molecule has 0 saturated carbocycles. The van der Waals surface area contributed by atoms with Gasteiger partial charge in [-0.05, 0) is 84.5 Å². The van der Waals surface area contributed by atoms with Crippen molar-refractivity contribution < 1.29 is 34.7 Å².